The number of hydrogen-bond acceptors (Lipinski definition) is 6. The van der Waals surface area contributed by atoms with Crippen molar-refractivity contribution in [2.75, 3.05) is 0 Å². The van der Waals surface area contributed by atoms with Gasteiger partial charge in [-0.25, -0.2) is 4.79 Å². The predicted molar refractivity (Wildman–Crippen MR) is 32.6 cm³/mol. The SMILES string of the molecule is N[C@H](C=O)C(=O)[P+](O)(O)O. The molecule has 0 saturated carbocycles. The van der Waals surface area contributed by atoms with Crippen LogP contribution in [0.2, 0.25) is 0 Å². The Morgan fingerprint density at radius 1 is 1.50 bits per heavy atom. The summed E-state index contributed by atoms with van der Waals surface area (Å²) in [6.45, 7) is 0. The molecular formula is C3H7NO5P+. The summed E-state index contributed by atoms with van der Waals surface area (Å²) in [6, 6.07) is -1.66. The highest BCUT2D eigenvalue weighted by Crippen LogP contribution is 2.45. The zero-order valence-electron chi connectivity index (χ0n) is 4.84. The molecule has 0 unspecified atom stereocenters. The molecule has 0 fully saturated rings. The quantitative estimate of drug-likeness (QED) is 0.215. The summed E-state index contributed by atoms with van der Waals surface area (Å²) in [5, 5.41) is 0. The fourth-order valence-electron chi connectivity index (χ4n) is 0.258. The fraction of sp³-hybridized carbons (Fsp3) is 0.333. The van der Waals surface area contributed by atoms with Gasteiger partial charge in [-0.15, -0.1) is 0 Å². The minimum atomic E-state index is -4.57. The Labute approximate surface area is 56.9 Å². The lowest BCUT2D eigenvalue weighted by Crippen LogP contribution is -2.33. The van der Waals surface area contributed by atoms with Gasteiger partial charge in [-0.3, -0.25) is 0 Å². The first-order valence-electron chi connectivity index (χ1n) is 2.22. The third-order valence-electron chi connectivity index (χ3n) is 0.727. The highest BCUT2D eigenvalue weighted by atomic mass is 31.2. The molecule has 0 rings (SSSR count). The first kappa shape index (κ1) is 9.61. The van der Waals surface area contributed by atoms with E-state index < -0.39 is 19.5 Å². The van der Waals surface area contributed by atoms with Gasteiger partial charge in [-0.2, -0.15) is 14.7 Å². The van der Waals surface area contributed by atoms with E-state index in [0.29, 0.717) is 0 Å². The molecule has 0 spiro atoms. The Bertz CT molecular complexity index is 151. The van der Waals surface area contributed by atoms with Crippen LogP contribution in [-0.2, 0) is 9.59 Å². The molecule has 0 aliphatic rings. The van der Waals surface area contributed by atoms with Crippen LogP contribution in [-0.4, -0.2) is 32.5 Å². The van der Waals surface area contributed by atoms with Gasteiger partial charge >= 0.3 is 13.5 Å². The standard InChI is InChI=1S/C3H7NO5P/c4-2(1-5)3(6)10(7,8)9/h1-2,7-9H,4H2/q+1/t2-/m1/s1. The van der Waals surface area contributed by atoms with E-state index >= 15 is 0 Å². The lowest BCUT2D eigenvalue weighted by molar-refractivity contribution is -0.120. The summed E-state index contributed by atoms with van der Waals surface area (Å²) in [5.41, 5.74) is 3.29. The molecule has 1 atom stereocenters. The maximum atomic E-state index is 10.3. The van der Waals surface area contributed by atoms with E-state index in [1.54, 1.807) is 0 Å². The van der Waals surface area contributed by atoms with E-state index in [1.807, 2.05) is 0 Å². The van der Waals surface area contributed by atoms with Crippen molar-refractivity contribution in [2.24, 2.45) is 5.73 Å². The molecular weight excluding hydrogens is 161 g/mol. The lowest BCUT2D eigenvalue weighted by atomic mass is 10.4. The zero-order valence-corrected chi connectivity index (χ0v) is 5.73. The Morgan fingerprint density at radius 3 is 2.00 bits per heavy atom. The number of aldehydes is 1. The molecule has 7 heteroatoms. The molecule has 0 radical (unpaired) electrons. The summed E-state index contributed by atoms with van der Waals surface area (Å²) in [7, 11) is -4.57. The van der Waals surface area contributed by atoms with Crippen molar-refractivity contribution >= 4 is 19.8 Å². The topological polar surface area (TPSA) is 121 Å². The van der Waals surface area contributed by atoms with Gasteiger partial charge in [0.2, 0.25) is 0 Å². The van der Waals surface area contributed by atoms with Crippen molar-refractivity contribution in [1.82, 2.24) is 0 Å². The Kier molecular flexibility index (Phi) is 3.01. The molecule has 0 amide bonds. The number of rotatable bonds is 3. The van der Waals surface area contributed by atoms with Crippen molar-refractivity contribution in [3.05, 3.63) is 0 Å². The third-order valence-corrected chi connectivity index (χ3v) is 1.62. The van der Waals surface area contributed by atoms with Crippen LogP contribution in [0.3, 0.4) is 0 Å². The van der Waals surface area contributed by atoms with Crippen LogP contribution in [0.5, 0.6) is 0 Å². The molecule has 6 nitrogen and oxygen atoms in total. The predicted octanol–water partition coefficient (Wildman–Crippen LogP) is -2.22. The monoisotopic (exact) mass is 168 g/mol. The van der Waals surface area contributed by atoms with E-state index in [2.05, 4.69) is 0 Å². The van der Waals surface area contributed by atoms with Crippen LogP contribution >= 0.6 is 7.94 Å². The van der Waals surface area contributed by atoms with Gasteiger partial charge in [-0.05, 0) is 0 Å². The van der Waals surface area contributed by atoms with Crippen molar-refractivity contribution in [3.8, 4) is 0 Å². The molecule has 0 heterocycles. The van der Waals surface area contributed by atoms with Crippen LogP contribution < -0.4 is 5.73 Å². The smallest absolute Gasteiger partial charge is 0.312 e. The minimum Gasteiger partial charge on any atom is -0.312 e. The van der Waals surface area contributed by atoms with Crippen molar-refractivity contribution < 1.29 is 24.3 Å². The van der Waals surface area contributed by atoms with Gasteiger partial charge in [0.25, 0.3) is 0 Å². The third kappa shape index (κ3) is 2.47. The van der Waals surface area contributed by atoms with Gasteiger partial charge in [0.05, 0.1) is 0 Å². The zero-order chi connectivity index (χ0) is 8.36. The fourth-order valence-corrected chi connectivity index (χ4v) is 0.719. The number of nitrogens with two attached hydrogens (primary N) is 1. The molecule has 0 aliphatic heterocycles. The van der Waals surface area contributed by atoms with Gasteiger partial charge in [0, 0.05) is 0 Å². The second-order valence-corrected chi connectivity index (χ2v) is 3.15. The average Bonchev–Trinajstić information content (AvgIpc) is 1.83. The van der Waals surface area contributed by atoms with E-state index in [0.717, 1.165) is 0 Å². The van der Waals surface area contributed by atoms with Gasteiger partial charge in [0.15, 0.2) is 6.04 Å². The molecule has 10 heavy (non-hydrogen) atoms. The van der Waals surface area contributed by atoms with Crippen LogP contribution in [0.4, 0.5) is 0 Å². The first-order valence-corrected chi connectivity index (χ1v) is 3.87. The van der Waals surface area contributed by atoms with Crippen LogP contribution in [0.15, 0.2) is 0 Å². The average molecular weight is 168 g/mol. The first-order chi connectivity index (χ1) is 4.39. The highest BCUT2D eigenvalue weighted by molar-refractivity contribution is 7.76. The van der Waals surface area contributed by atoms with E-state index in [-0.39, 0.29) is 6.29 Å². The van der Waals surface area contributed by atoms with Gasteiger partial charge in [0.1, 0.15) is 6.29 Å². The van der Waals surface area contributed by atoms with E-state index in [1.165, 1.54) is 0 Å². The summed E-state index contributed by atoms with van der Waals surface area (Å²) in [6.07, 6.45) is 0.0136. The largest absolute Gasteiger partial charge is 0.480 e. The van der Waals surface area contributed by atoms with Crippen LogP contribution in [0.1, 0.15) is 0 Å². The Morgan fingerprint density at radius 2 is 1.90 bits per heavy atom. The highest BCUT2D eigenvalue weighted by Gasteiger charge is 2.46. The van der Waals surface area contributed by atoms with E-state index in [9.17, 15) is 9.59 Å². The minimum absolute atomic E-state index is 0.0136. The summed E-state index contributed by atoms with van der Waals surface area (Å²) in [4.78, 5) is 44.7. The molecule has 0 aromatic rings. The van der Waals surface area contributed by atoms with Crippen molar-refractivity contribution in [1.29, 1.82) is 0 Å². The maximum Gasteiger partial charge on any atom is 0.480 e. The van der Waals surface area contributed by atoms with Crippen molar-refractivity contribution in [3.63, 3.8) is 0 Å². The molecule has 0 bridgehead atoms. The van der Waals surface area contributed by atoms with E-state index in [4.69, 9.17) is 20.4 Å². The molecule has 0 aromatic carbocycles. The summed E-state index contributed by atoms with van der Waals surface area (Å²) in [5.74, 6) is 0. The lowest BCUT2D eigenvalue weighted by Gasteiger charge is -2.01. The van der Waals surface area contributed by atoms with Gasteiger partial charge in [-0.1, -0.05) is 0 Å². The second kappa shape index (κ2) is 3.14. The van der Waals surface area contributed by atoms with Crippen LogP contribution in [0, 0.1) is 0 Å². The summed E-state index contributed by atoms with van der Waals surface area (Å²) >= 11 is 0. The Hall–Kier alpha value is -0.390. The molecule has 5 N–H and O–H groups in total. The normalized spacial score (nSPS) is 14.4. The van der Waals surface area contributed by atoms with Crippen molar-refractivity contribution in [2.45, 2.75) is 6.04 Å². The summed E-state index contributed by atoms with van der Waals surface area (Å²) < 4.78 is 0. The molecule has 0 aliphatic carbocycles. The van der Waals surface area contributed by atoms with Gasteiger partial charge < -0.3 is 10.5 Å². The molecule has 0 aromatic heterocycles. The number of carbonyl (C=O) groups is 2. The second-order valence-electron chi connectivity index (χ2n) is 1.57. The molecule has 0 saturated heterocycles. The number of hydrogen-bond donors (Lipinski definition) is 4. The number of carbonyl (C=O) groups excluding carboxylic acids is 2. The maximum absolute atomic E-state index is 10.3. The van der Waals surface area contributed by atoms with Crippen LogP contribution in [0.25, 0.3) is 0 Å². The molecule has 58 valence electrons. The Balaban J connectivity index is 4.22.